The smallest absolute Gasteiger partial charge is 0.217 e. The second kappa shape index (κ2) is 36.9. The van der Waals surface area contributed by atoms with Gasteiger partial charge in [-0.3, -0.25) is 9.59 Å². The lowest BCUT2D eigenvalue weighted by Crippen LogP contribution is -2.09. The number of carbonyl (C=O) groups excluding carboxylic acids is 2. The fraction of sp³-hybridized carbons (Fsp3) is 0.500. The van der Waals surface area contributed by atoms with E-state index in [9.17, 15) is 9.59 Å². The van der Waals surface area contributed by atoms with Gasteiger partial charge in [0.1, 0.15) is 0 Å². The van der Waals surface area contributed by atoms with Crippen LogP contribution in [0.1, 0.15) is 152 Å². The lowest BCUT2D eigenvalue weighted by molar-refractivity contribution is -0.118. The molecule has 0 aromatic heterocycles. The number of primary amides is 2. The van der Waals surface area contributed by atoms with Gasteiger partial charge in [-0.25, -0.2) is 0 Å². The maximum absolute atomic E-state index is 10.7. The van der Waals surface area contributed by atoms with Crippen molar-refractivity contribution in [3.63, 3.8) is 0 Å². The van der Waals surface area contributed by atoms with Crippen LogP contribution in [0.4, 0.5) is 0 Å². The van der Waals surface area contributed by atoms with Crippen LogP contribution in [0.3, 0.4) is 0 Å². The molecule has 1 aromatic carbocycles. The standard InChI is InChI=1S/C48H72N2O2/c49-47(51)42-35-31-27-23-19-15-11-7-3-1-5-9-13-17-21-25-29-33-38-45-40-37-41-46(44-45)39-34-30-26-22-18-14-10-6-2-4-8-12-16-20-24-28-32-36-43-48(50)52/h1-4,9-16,23-24,27-28,37,40-41,44H,5-8,17-22,25-26,29-36,38-39,42-43H2,(H2,49,51)(H2,50,52)/b3-1-,4-2-,13-9-,14-10-,15-11-,16-12-,27-23-,28-24-. The normalized spacial score (nSPS) is 12.6. The van der Waals surface area contributed by atoms with Crippen molar-refractivity contribution in [2.75, 3.05) is 0 Å². The highest BCUT2D eigenvalue weighted by molar-refractivity contribution is 5.73. The van der Waals surface area contributed by atoms with E-state index in [1.54, 1.807) is 0 Å². The minimum Gasteiger partial charge on any atom is -0.370 e. The molecule has 0 spiro atoms. The second-order valence-electron chi connectivity index (χ2n) is 13.6. The molecule has 0 aliphatic rings. The van der Waals surface area contributed by atoms with Gasteiger partial charge in [0.15, 0.2) is 0 Å². The molecule has 0 atom stereocenters. The van der Waals surface area contributed by atoms with Gasteiger partial charge in [-0.15, -0.1) is 0 Å². The molecule has 4 heteroatoms. The van der Waals surface area contributed by atoms with Crippen molar-refractivity contribution < 1.29 is 9.59 Å². The Balaban J connectivity index is 1.96. The van der Waals surface area contributed by atoms with Crippen molar-refractivity contribution in [1.29, 1.82) is 0 Å². The Morgan fingerprint density at radius 2 is 0.673 bits per heavy atom. The largest absolute Gasteiger partial charge is 0.370 e. The summed E-state index contributed by atoms with van der Waals surface area (Å²) < 4.78 is 0. The van der Waals surface area contributed by atoms with Gasteiger partial charge >= 0.3 is 0 Å². The van der Waals surface area contributed by atoms with E-state index < -0.39 is 0 Å². The summed E-state index contributed by atoms with van der Waals surface area (Å²) in [6.07, 6.45) is 61.1. The number of aryl methyl sites for hydroxylation is 2. The minimum atomic E-state index is -0.217. The predicted octanol–water partition coefficient (Wildman–Crippen LogP) is 12.8. The van der Waals surface area contributed by atoms with E-state index in [2.05, 4.69) is 121 Å². The number of nitrogens with two attached hydrogens (primary N) is 2. The second-order valence-corrected chi connectivity index (χ2v) is 13.6. The Labute approximate surface area is 318 Å². The van der Waals surface area contributed by atoms with Gasteiger partial charge in [0.25, 0.3) is 0 Å². The maximum atomic E-state index is 10.7. The Morgan fingerprint density at radius 3 is 1.00 bits per heavy atom. The summed E-state index contributed by atoms with van der Waals surface area (Å²) in [4.78, 5) is 21.4. The number of allylic oxidation sites excluding steroid dienone is 16. The van der Waals surface area contributed by atoms with Crippen LogP contribution in [0.2, 0.25) is 0 Å². The molecule has 0 saturated heterocycles. The molecule has 2 amide bonds. The highest BCUT2D eigenvalue weighted by Gasteiger charge is 1.99. The number of hydrogen-bond acceptors (Lipinski definition) is 2. The van der Waals surface area contributed by atoms with Crippen LogP contribution in [0.15, 0.2) is 121 Å². The van der Waals surface area contributed by atoms with Crippen LogP contribution in [0, 0.1) is 0 Å². The minimum absolute atomic E-state index is 0.217. The Bertz CT molecular complexity index is 1170. The van der Waals surface area contributed by atoms with Crippen molar-refractivity contribution in [2.24, 2.45) is 11.5 Å². The lowest BCUT2D eigenvalue weighted by atomic mass is 10.00. The average molecular weight is 709 g/mol. The summed E-state index contributed by atoms with van der Waals surface area (Å²) >= 11 is 0. The zero-order valence-electron chi connectivity index (χ0n) is 32.5. The van der Waals surface area contributed by atoms with E-state index in [1.807, 2.05) is 0 Å². The molecule has 0 heterocycles. The van der Waals surface area contributed by atoms with E-state index in [-0.39, 0.29) is 11.8 Å². The molecule has 1 rings (SSSR count). The molecule has 52 heavy (non-hydrogen) atoms. The Hall–Kier alpha value is -3.92. The van der Waals surface area contributed by atoms with Crippen LogP contribution < -0.4 is 11.5 Å². The first kappa shape index (κ1) is 46.1. The van der Waals surface area contributed by atoms with Gasteiger partial charge < -0.3 is 11.5 Å². The third-order valence-corrected chi connectivity index (χ3v) is 8.72. The summed E-state index contributed by atoms with van der Waals surface area (Å²) in [7, 11) is 0. The van der Waals surface area contributed by atoms with E-state index in [4.69, 9.17) is 11.5 Å². The molecule has 0 unspecified atom stereocenters. The van der Waals surface area contributed by atoms with Gasteiger partial charge in [0.05, 0.1) is 0 Å². The number of benzene rings is 1. The van der Waals surface area contributed by atoms with Crippen LogP contribution in [0.25, 0.3) is 0 Å². The molecule has 1 aromatic rings. The monoisotopic (exact) mass is 709 g/mol. The molecule has 4 nitrogen and oxygen atoms in total. The van der Waals surface area contributed by atoms with Gasteiger partial charge in [-0.1, -0.05) is 147 Å². The third-order valence-electron chi connectivity index (χ3n) is 8.72. The fourth-order valence-corrected chi connectivity index (χ4v) is 5.72. The first-order valence-electron chi connectivity index (χ1n) is 20.4. The topological polar surface area (TPSA) is 86.2 Å². The van der Waals surface area contributed by atoms with Crippen LogP contribution in [0.5, 0.6) is 0 Å². The van der Waals surface area contributed by atoms with Crippen LogP contribution in [-0.4, -0.2) is 11.8 Å². The fourth-order valence-electron chi connectivity index (χ4n) is 5.72. The zero-order chi connectivity index (χ0) is 37.4. The quantitative estimate of drug-likeness (QED) is 0.0551. The van der Waals surface area contributed by atoms with Crippen molar-refractivity contribution >= 4 is 11.8 Å². The molecular formula is C48H72N2O2. The van der Waals surface area contributed by atoms with E-state index in [0.29, 0.717) is 12.8 Å². The summed E-state index contributed by atoms with van der Waals surface area (Å²) in [5, 5.41) is 0. The summed E-state index contributed by atoms with van der Waals surface area (Å²) in [5.41, 5.74) is 13.3. The lowest BCUT2D eigenvalue weighted by Gasteiger charge is -2.06. The molecule has 0 radical (unpaired) electrons. The number of carbonyl (C=O) groups is 2. The highest BCUT2D eigenvalue weighted by Crippen LogP contribution is 2.15. The van der Waals surface area contributed by atoms with Crippen molar-refractivity contribution in [2.45, 2.75) is 154 Å². The average Bonchev–Trinajstić information content (AvgIpc) is 3.13. The van der Waals surface area contributed by atoms with Crippen LogP contribution >= 0.6 is 0 Å². The number of unbranched alkanes of at least 4 members (excludes halogenated alkanes) is 10. The van der Waals surface area contributed by atoms with Crippen LogP contribution in [-0.2, 0) is 22.4 Å². The number of amides is 2. The van der Waals surface area contributed by atoms with Gasteiger partial charge in [-0.05, 0) is 127 Å². The summed E-state index contributed by atoms with van der Waals surface area (Å²) in [5.74, 6) is -0.433. The molecule has 0 fully saturated rings. The summed E-state index contributed by atoms with van der Waals surface area (Å²) in [6.45, 7) is 0. The molecule has 0 aliphatic carbocycles. The molecular weight excluding hydrogens is 637 g/mol. The van der Waals surface area contributed by atoms with Gasteiger partial charge in [-0.2, -0.15) is 0 Å². The van der Waals surface area contributed by atoms with Crippen molar-refractivity contribution in [1.82, 2.24) is 0 Å². The molecule has 4 N–H and O–H groups in total. The molecule has 286 valence electrons. The van der Waals surface area contributed by atoms with Crippen molar-refractivity contribution in [3.05, 3.63) is 133 Å². The number of hydrogen-bond donors (Lipinski definition) is 2. The van der Waals surface area contributed by atoms with E-state index in [0.717, 1.165) is 64.2 Å². The predicted molar refractivity (Wildman–Crippen MR) is 227 cm³/mol. The SMILES string of the molecule is NC(=O)CCC/C=C\C/C=C\C/C=C\C/C=C\CCCCCCc1cccc(CCCCCC/C=C\C/C=C\C/C=C\C/C=C\CCCC(N)=O)c1. The summed E-state index contributed by atoms with van der Waals surface area (Å²) in [6, 6.07) is 9.31. The first-order valence-corrected chi connectivity index (χ1v) is 20.4. The Morgan fingerprint density at radius 1 is 0.385 bits per heavy atom. The zero-order valence-corrected chi connectivity index (χ0v) is 32.5. The van der Waals surface area contributed by atoms with Gasteiger partial charge in [0, 0.05) is 12.8 Å². The highest BCUT2D eigenvalue weighted by atomic mass is 16.1. The van der Waals surface area contributed by atoms with E-state index >= 15 is 0 Å². The maximum Gasteiger partial charge on any atom is 0.217 e. The van der Waals surface area contributed by atoms with E-state index in [1.165, 1.54) is 88.2 Å². The molecule has 0 saturated carbocycles. The van der Waals surface area contributed by atoms with Gasteiger partial charge in [0.2, 0.25) is 11.8 Å². The first-order chi connectivity index (χ1) is 25.6. The molecule has 0 aliphatic heterocycles. The van der Waals surface area contributed by atoms with Crippen molar-refractivity contribution in [3.8, 4) is 0 Å². The third kappa shape index (κ3) is 34.5. The molecule has 0 bridgehead atoms. The number of rotatable bonds is 34. The Kier molecular flexibility index (Phi) is 32.7.